The van der Waals surface area contributed by atoms with Crippen molar-refractivity contribution < 1.29 is 18.8 Å². The molecule has 0 spiro atoms. The van der Waals surface area contributed by atoms with Crippen LogP contribution in [0.2, 0.25) is 5.15 Å². The fourth-order valence-electron chi connectivity index (χ4n) is 13.5. The first-order valence-corrected chi connectivity index (χ1v) is 34.9. The maximum absolute atomic E-state index is 6.16. The molecule has 0 bridgehead atoms. The molecule has 21 nitrogen and oxygen atoms in total. The van der Waals surface area contributed by atoms with Crippen molar-refractivity contribution in [3.63, 3.8) is 0 Å². The van der Waals surface area contributed by atoms with Gasteiger partial charge in [-0.2, -0.15) is 10.2 Å². The topological polar surface area (TPSA) is 211 Å². The lowest BCUT2D eigenvalue weighted by Crippen LogP contribution is -2.41. The molecule has 23 heteroatoms. The molecule has 103 heavy (non-hydrogen) atoms. The quantitative estimate of drug-likeness (QED) is 0.104. The number of aromatic nitrogens is 13. The first-order valence-electron chi connectivity index (χ1n) is 34.5. The third-order valence-electron chi connectivity index (χ3n) is 19.8. The van der Waals surface area contributed by atoms with E-state index < -0.39 is 7.12 Å². The monoisotopic (exact) mass is 1390 g/mol. The van der Waals surface area contributed by atoms with Crippen LogP contribution in [0.5, 0.6) is 11.5 Å². The average molecular weight is 1390 g/mol. The highest BCUT2D eigenvalue weighted by molar-refractivity contribution is 6.62. The number of benzene rings is 5. The van der Waals surface area contributed by atoms with Gasteiger partial charge in [-0.3, -0.25) is 24.9 Å². The second-order valence-electron chi connectivity index (χ2n) is 26.9. The van der Waals surface area contributed by atoms with Gasteiger partial charge in [0.25, 0.3) is 0 Å². The largest absolute Gasteiger partial charge is 0.497 e. The van der Waals surface area contributed by atoms with Crippen molar-refractivity contribution >= 4 is 86.5 Å². The number of para-hydroxylation sites is 3. The van der Waals surface area contributed by atoms with Gasteiger partial charge < -0.3 is 33.5 Å². The van der Waals surface area contributed by atoms with Crippen LogP contribution in [0.15, 0.2) is 200 Å². The third kappa shape index (κ3) is 14.0. The number of rotatable bonds is 12. The normalized spacial score (nSPS) is 15.0. The van der Waals surface area contributed by atoms with Crippen LogP contribution < -0.4 is 29.6 Å². The van der Waals surface area contributed by atoms with Crippen LogP contribution in [0.4, 0.5) is 34.5 Å². The highest BCUT2D eigenvalue weighted by Crippen LogP contribution is 2.39. The zero-order valence-corrected chi connectivity index (χ0v) is 59.8. The van der Waals surface area contributed by atoms with E-state index in [1.807, 2.05) is 116 Å². The summed E-state index contributed by atoms with van der Waals surface area (Å²) < 4.78 is 26.7. The van der Waals surface area contributed by atoms with Crippen LogP contribution in [0.25, 0.3) is 44.6 Å². The molecular formula is C80H77BClN17O4. The Balaban J connectivity index is 0.000000114. The number of fused-ring (bicyclic) bond motifs is 6. The number of aryl methyl sites for hydroxylation is 2. The Bertz CT molecular complexity index is 5300. The number of pyridine rings is 3. The lowest BCUT2D eigenvalue weighted by Gasteiger charge is -2.32. The number of aliphatic imine (C=N–C) groups is 1. The first-order chi connectivity index (χ1) is 50.0. The Kier molecular flexibility index (Phi) is 18.7. The molecule has 13 aromatic rings. The molecule has 13 heterocycles. The van der Waals surface area contributed by atoms with Crippen LogP contribution in [-0.4, -0.2) is 122 Å². The third-order valence-corrected chi connectivity index (χ3v) is 20.0. The van der Waals surface area contributed by atoms with Gasteiger partial charge in [-0.15, -0.1) is 0 Å². The van der Waals surface area contributed by atoms with E-state index in [4.69, 9.17) is 55.5 Å². The second-order valence-corrected chi connectivity index (χ2v) is 27.3. The van der Waals surface area contributed by atoms with Crippen LogP contribution >= 0.6 is 11.6 Å². The number of methoxy groups -OCH3 is 2. The van der Waals surface area contributed by atoms with Crippen LogP contribution in [0.3, 0.4) is 0 Å². The molecule has 0 unspecified atom stereocenters. The highest BCUT2D eigenvalue weighted by atomic mass is 35.5. The summed E-state index contributed by atoms with van der Waals surface area (Å²) in [6.07, 6.45) is 19.2. The lowest BCUT2D eigenvalue weighted by molar-refractivity contribution is 0.00578. The number of anilines is 6. The molecule has 0 saturated carbocycles. The van der Waals surface area contributed by atoms with Crippen molar-refractivity contribution in [2.75, 3.05) is 48.6 Å². The van der Waals surface area contributed by atoms with E-state index in [2.05, 4.69) is 162 Å². The second kappa shape index (κ2) is 28.6. The molecule has 18 rings (SSSR count). The predicted octanol–water partition coefficient (Wildman–Crippen LogP) is 14.4. The maximum atomic E-state index is 6.16. The molecule has 5 aliphatic heterocycles. The van der Waals surface area contributed by atoms with Crippen LogP contribution in [0, 0.1) is 13.8 Å². The lowest BCUT2D eigenvalue weighted by atomic mass is 9.80. The van der Waals surface area contributed by atoms with E-state index in [-0.39, 0.29) is 11.2 Å². The SMILES string of the molecule is CC1=NCc2ncc(-c3cncc(N4CCc5ccccc54)n3)cc21.COc1ccc(Cn2nc(C)c3cc(-c4cncc(N5CCc6ccccc65)n4)cnc32)cc1.COc1ccc(Cn2nc(C)c3cc(B4OC(C)(C)C(C)(C)O4)cnc32)cc1.Clc1cncc(N2CCc3ccccc32)n1. The van der Waals surface area contributed by atoms with Crippen LogP contribution in [0.1, 0.15) is 85.1 Å². The summed E-state index contributed by atoms with van der Waals surface area (Å²) in [5, 5.41) is 11.9. The standard InChI is InChI=1S/C27H24N6O.C21H26BN3O3.C20H17N5.C12H10ClN3/c1-18-23-13-21(14-29-27(23)33(31-18)17-19-7-9-22(34-2)10-8-19)24-15-28-16-26(30-24)32-12-11-20-5-3-4-6-25(20)32;1-14-18-11-16(22-27-20(2,3)21(4,5)28-22)12-23-19(18)25(24-14)13-15-7-9-17(26-6)10-8-15;1-13-16-8-15(9-23-18(16)11-22-13)17-10-21-12-20(24-17)25-7-6-14-4-2-3-5-19(14)25;13-11-7-14-8-12(15-11)16-6-5-9-3-1-2-4-10(9)16/h3-10,13-16H,11-12,17H2,1-2H3;7-12H,13H2,1-6H3;2-5,8-10,12H,6-7,11H2,1H3;1-4,7-8H,5-6H2. The molecule has 0 aliphatic carbocycles. The minimum Gasteiger partial charge on any atom is -0.497 e. The van der Waals surface area contributed by atoms with Crippen LogP contribution in [-0.2, 0) is 48.2 Å². The van der Waals surface area contributed by atoms with Gasteiger partial charge in [0.15, 0.2) is 28.7 Å². The molecular weight excluding hydrogens is 1310 g/mol. The Hall–Kier alpha value is -11.3. The van der Waals surface area contributed by atoms with E-state index in [0.717, 1.165) is 157 Å². The summed E-state index contributed by atoms with van der Waals surface area (Å²) in [5.74, 6) is 4.24. The summed E-state index contributed by atoms with van der Waals surface area (Å²) >= 11 is 5.85. The van der Waals surface area contributed by atoms with Crippen molar-refractivity contribution in [3.05, 3.63) is 251 Å². The van der Waals surface area contributed by atoms with Crippen molar-refractivity contribution in [2.45, 2.75) is 98.6 Å². The predicted molar refractivity (Wildman–Crippen MR) is 405 cm³/mol. The van der Waals surface area contributed by atoms with Gasteiger partial charge in [-0.1, -0.05) is 90.5 Å². The summed E-state index contributed by atoms with van der Waals surface area (Å²) in [6.45, 7) is 19.0. The van der Waals surface area contributed by atoms with Gasteiger partial charge in [0.2, 0.25) is 0 Å². The molecule has 0 radical (unpaired) electrons. The number of nitrogens with zero attached hydrogens (tertiary/aromatic N) is 17. The average Bonchev–Trinajstić information content (AvgIpc) is 1.62. The number of halogens is 1. The molecule has 1 fully saturated rings. The van der Waals surface area contributed by atoms with E-state index >= 15 is 0 Å². The van der Waals surface area contributed by atoms with Gasteiger partial charge in [0, 0.05) is 93.9 Å². The Morgan fingerprint density at radius 1 is 0.485 bits per heavy atom. The van der Waals surface area contributed by atoms with Gasteiger partial charge >= 0.3 is 7.12 Å². The summed E-state index contributed by atoms with van der Waals surface area (Å²) in [7, 11) is 2.91. The fraction of sp³-hybridized carbons (Fsp3) is 0.250. The summed E-state index contributed by atoms with van der Waals surface area (Å²) in [4.78, 5) is 52.1. The number of hydrogen-bond acceptors (Lipinski definition) is 19. The van der Waals surface area contributed by atoms with Crippen molar-refractivity contribution in [3.8, 4) is 34.0 Å². The van der Waals surface area contributed by atoms with E-state index in [1.54, 1.807) is 39.0 Å². The van der Waals surface area contributed by atoms with Crippen molar-refractivity contribution in [1.82, 2.24) is 64.4 Å². The minimum atomic E-state index is -0.425. The van der Waals surface area contributed by atoms with E-state index in [1.165, 1.54) is 33.8 Å². The van der Waals surface area contributed by atoms with E-state index in [9.17, 15) is 0 Å². The highest BCUT2D eigenvalue weighted by Gasteiger charge is 2.52. The maximum Gasteiger partial charge on any atom is 0.496 e. The Labute approximate surface area is 603 Å². The van der Waals surface area contributed by atoms with Crippen molar-refractivity contribution in [1.29, 1.82) is 0 Å². The zero-order chi connectivity index (χ0) is 70.9. The molecule has 0 atom stereocenters. The zero-order valence-electron chi connectivity index (χ0n) is 59.0. The van der Waals surface area contributed by atoms with Gasteiger partial charge in [-0.05, 0) is 156 Å². The Morgan fingerprint density at radius 3 is 1.41 bits per heavy atom. The fourth-order valence-corrected chi connectivity index (χ4v) is 13.7. The summed E-state index contributed by atoms with van der Waals surface area (Å²) in [5.41, 5.74) is 20.5. The molecule has 516 valence electrons. The summed E-state index contributed by atoms with van der Waals surface area (Å²) in [6, 6.07) is 47.6. The number of ether oxygens (including phenoxy) is 2. The van der Waals surface area contributed by atoms with Gasteiger partial charge in [0.1, 0.15) is 16.7 Å². The molecule has 8 aromatic heterocycles. The molecule has 5 aliphatic rings. The molecule has 0 amide bonds. The molecule has 5 aromatic carbocycles. The van der Waals surface area contributed by atoms with E-state index in [0.29, 0.717) is 24.8 Å². The Morgan fingerprint density at radius 2 is 0.922 bits per heavy atom. The molecule has 1 saturated heterocycles. The van der Waals surface area contributed by atoms with Crippen molar-refractivity contribution in [2.24, 2.45) is 4.99 Å². The smallest absolute Gasteiger partial charge is 0.496 e. The molecule has 0 N–H and O–H groups in total. The minimum absolute atomic E-state index is 0.375. The van der Waals surface area contributed by atoms with Gasteiger partial charge in [-0.25, -0.2) is 34.3 Å². The first kappa shape index (κ1) is 67.5. The number of hydrogen-bond donors (Lipinski definition) is 0. The van der Waals surface area contributed by atoms with Gasteiger partial charge in [0.05, 0.1) is 111 Å².